The third-order valence-corrected chi connectivity index (χ3v) is 4.18. The second-order valence-corrected chi connectivity index (χ2v) is 7.93. The Balaban J connectivity index is -0.00000102. The summed E-state index contributed by atoms with van der Waals surface area (Å²) < 4.78 is 1.12. The fourth-order valence-corrected chi connectivity index (χ4v) is 2.78. The van der Waals surface area contributed by atoms with Gasteiger partial charge in [-0.05, 0) is 19.8 Å². The molecule has 0 unspecified atom stereocenters. The number of halogens is 1. The van der Waals surface area contributed by atoms with Gasteiger partial charge in [0.15, 0.2) is 0 Å². The number of nitrogens with zero attached hydrogens (tertiary/aromatic N) is 1. The van der Waals surface area contributed by atoms with E-state index in [0.717, 1.165) is 4.48 Å². The predicted molar refractivity (Wildman–Crippen MR) is 106 cm³/mol. The van der Waals surface area contributed by atoms with E-state index in [4.69, 9.17) is 5.11 Å². The Labute approximate surface area is 160 Å². The zero-order chi connectivity index (χ0) is 17.8. The molecule has 0 aliphatic carbocycles. The minimum absolute atomic E-state index is 0. The van der Waals surface area contributed by atoms with Crippen LogP contribution in [-0.4, -0.2) is 43.9 Å². The van der Waals surface area contributed by atoms with Crippen LogP contribution in [-0.2, 0) is 0 Å². The predicted octanol–water partition coefficient (Wildman–Crippen LogP) is 3.18. The molecule has 0 aromatic rings. The van der Waals surface area contributed by atoms with E-state index in [-0.39, 0.29) is 19.0 Å². The Kier molecular flexibility index (Phi) is 28.0. The quantitative estimate of drug-likeness (QED) is 0.349. The van der Waals surface area contributed by atoms with Crippen LogP contribution < -0.4 is 12.4 Å². The highest BCUT2D eigenvalue weighted by Crippen LogP contribution is 2.13. The minimum atomic E-state index is 0. The van der Waals surface area contributed by atoms with E-state index in [1.54, 1.807) is 6.92 Å². The van der Waals surface area contributed by atoms with Gasteiger partial charge in [0.05, 0.1) is 27.7 Å². The third kappa shape index (κ3) is 33.7. The Bertz CT molecular complexity index is 205. The third-order valence-electron chi connectivity index (χ3n) is 4.18. The van der Waals surface area contributed by atoms with E-state index in [2.05, 4.69) is 28.1 Å². The molecule has 0 bridgehead atoms. The van der Waals surface area contributed by atoms with Crippen molar-refractivity contribution in [1.82, 2.24) is 0 Å². The van der Waals surface area contributed by atoms with Crippen molar-refractivity contribution in [1.29, 1.82) is 0 Å². The largest absolute Gasteiger partial charge is 1.00 e. The lowest BCUT2D eigenvalue weighted by molar-refractivity contribution is -0.870. The Morgan fingerprint density at radius 3 is 1.04 bits per heavy atom. The molecule has 0 rings (SSSR count). The standard InChI is InChI=1S/C19H42N.C2H6O.ClH/c1-5-6-7-8-9-10-11-12-13-14-15-16-17-18-19-20(2,3)4;1-2-3;/h5-19H2,1-4H3;3H,2H2,1H3;1H/q+1;;/p-1. The van der Waals surface area contributed by atoms with Crippen LogP contribution in [0.2, 0.25) is 0 Å². The summed E-state index contributed by atoms with van der Waals surface area (Å²) in [4.78, 5) is 0. The molecule has 0 aliphatic rings. The summed E-state index contributed by atoms with van der Waals surface area (Å²) in [6.07, 6.45) is 20.4. The Morgan fingerprint density at radius 2 is 0.792 bits per heavy atom. The molecule has 0 saturated heterocycles. The van der Waals surface area contributed by atoms with Gasteiger partial charge in [-0.25, -0.2) is 0 Å². The normalized spacial score (nSPS) is 10.8. The van der Waals surface area contributed by atoms with Gasteiger partial charge in [0.1, 0.15) is 0 Å². The van der Waals surface area contributed by atoms with Gasteiger partial charge in [0, 0.05) is 6.61 Å². The van der Waals surface area contributed by atoms with Crippen molar-refractivity contribution in [2.45, 2.75) is 104 Å². The lowest BCUT2D eigenvalue weighted by Gasteiger charge is -2.23. The van der Waals surface area contributed by atoms with Crippen LogP contribution in [0.25, 0.3) is 0 Å². The molecule has 0 aliphatic heterocycles. The molecule has 0 fully saturated rings. The van der Waals surface area contributed by atoms with Crippen LogP contribution in [0, 0.1) is 0 Å². The van der Waals surface area contributed by atoms with Crippen LogP contribution in [0.4, 0.5) is 0 Å². The summed E-state index contributed by atoms with van der Waals surface area (Å²) in [6.45, 7) is 5.56. The first-order valence-corrected chi connectivity index (χ1v) is 10.4. The van der Waals surface area contributed by atoms with E-state index in [1.165, 1.54) is 96.4 Å². The second kappa shape index (κ2) is 23.2. The molecule has 24 heavy (non-hydrogen) atoms. The molecule has 0 radical (unpaired) electrons. The highest BCUT2D eigenvalue weighted by molar-refractivity contribution is 4.49. The average Bonchev–Trinajstić information content (AvgIpc) is 2.47. The van der Waals surface area contributed by atoms with Crippen molar-refractivity contribution in [3.05, 3.63) is 0 Å². The van der Waals surface area contributed by atoms with Crippen molar-refractivity contribution in [2.75, 3.05) is 34.3 Å². The molecule has 0 amide bonds. The second-order valence-electron chi connectivity index (χ2n) is 7.93. The van der Waals surface area contributed by atoms with Crippen molar-refractivity contribution in [2.24, 2.45) is 0 Å². The van der Waals surface area contributed by atoms with E-state index in [1.807, 2.05) is 0 Å². The van der Waals surface area contributed by atoms with Gasteiger partial charge < -0.3 is 22.0 Å². The van der Waals surface area contributed by atoms with Crippen LogP contribution in [0.3, 0.4) is 0 Å². The smallest absolute Gasteiger partial charge is 0.0780 e. The first-order chi connectivity index (χ1) is 11.0. The average molecular weight is 366 g/mol. The highest BCUT2D eigenvalue weighted by atomic mass is 35.5. The molecule has 0 atom stereocenters. The molecule has 0 heterocycles. The maximum absolute atomic E-state index is 7.57. The van der Waals surface area contributed by atoms with Gasteiger partial charge in [-0.1, -0.05) is 84.0 Å². The van der Waals surface area contributed by atoms with Gasteiger partial charge in [-0.15, -0.1) is 0 Å². The van der Waals surface area contributed by atoms with Crippen molar-refractivity contribution < 1.29 is 22.0 Å². The maximum Gasteiger partial charge on any atom is 0.0780 e. The van der Waals surface area contributed by atoms with E-state index >= 15 is 0 Å². The monoisotopic (exact) mass is 365 g/mol. The number of hydrogen-bond acceptors (Lipinski definition) is 1. The van der Waals surface area contributed by atoms with Crippen LogP contribution >= 0.6 is 0 Å². The molecule has 2 nitrogen and oxygen atoms in total. The van der Waals surface area contributed by atoms with Crippen molar-refractivity contribution in [3.8, 4) is 0 Å². The molecule has 0 aromatic carbocycles. The van der Waals surface area contributed by atoms with Crippen molar-refractivity contribution in [3.63, 3.8) is 0 Å². The molecule has 3 heteroatoms. The number of unbranched alkanes of at least 4 members (excludes halogenated alkanes) is 13. The summed E-state index contributed by atoms with van der Waals surface area (Å²) in [5.74, 6) is 0. The van der Waals surface area contributed by atoms with E-state index in [0.29, 0.717) is 0 Å². The summed E-state index contributed by atoms with van der Waals surface area (Å²) >= 11 is 0. The Hall–Kier alpha value is 0.210. The summed E-state index contributed by atoms with van der Waals surface area (Å²) in [5, 5.41) is 7.57. The molecule has 150 valence electrons. The number of aliphatic hydroxyl groups excluding tert-OH is 1. The molecule has 0 spiro atoms. The van der Waals surface area contributed by atoms with Crippen LogP contribution in [0.15, 0.2) is 0 Å². The highest BCUT2D eigenvalue weighted by Gasteiger charge is 2.04. The van der Waals surface area contributed by atoms with Gasteiger partial charge in [0.25, 0.3) is 0 Å². The summed E-state index contributed by atoms with van der Waals surface area (Å²) in [5.41, 5.74) is 0. The summed E-state index contributed by atoms with van der Waals surface area (Å²) in [7, 11) is 6.88. The lowest BCUT2D eigenvalue weighted by Crippen LogP contribution is -3.00. The number of aliphatic hydroxyl groups is 1. The molecular weight excluding hydrogens is 318 g/mol. The van der Waals surface area contributed by atoms with Crippen LogP contribution in [0.5, 0.6) is 0 Å². The van der Waals surface area contributed by atoms with Gasteiger partial charge in [-0.2, -0.15) is 0 Å². The molecule has 1 N–H and O–H groups in total. The van der Waals surface area contributed by atoms with Gasteiger partial charge in [0.2, 0.25) is 0 Å². The number of quaternary nitrogens is 1. The van der Waals surface area contributed by atoms with E-state index in [9.17, 15) is 0 Å². The lowest BCUT2D eigenvalue weighted by atomic mass is 10.0. The fourth-order valence-electron chi connectivity index (χ4n) is 2.78. The topological polar surface area (TPSA) is 20.2 Å². The Morgan fingerprint density at radius 1 is 0.542 bits per heavy atom. The molecule has 0 aromatic heterocycles. The zero-order valence-electron chi connectivity index (χ0n) is 17.6. The summed E-state index contributed by atoms with van der Waals surface area (Å²) in [6, 6.07) is 0. The van der Waals surface area contributed by atoms with Crippen molar-refractivity contribution >= 4 is 0 Å². The number of hydrogen-bond donors (Lipinski definition) is 1. The fraction of sp³-hybridized carbons (Fsp3) is 1.00. The van der Waals surface area contributed by atoms with E-state index < -0.39 is 0 Å². The van der Waals surface area contributed by atoms with Crippen LogP contribution in [0.1, 0.15) is 104 Å². The molecular formula is C21H48ClNO. The van der Waals surface area contributed by atoms with Gasteiger partial charge in [-0.3, -0.25) is 0 Å². The van der Waals surface area contributed by atoms with Gasteiger partial charge >= 0.3 is 0 Å². The maximum atomic E-state index is 7.57. The number of rotatable bonds is 15. The molecule has 0 saturated carbocycles. The SMILES string of the molecule is CCCCCCCCCCCCCCCC[N+](C)(C)C.CCO.[Cl-]. The first kappa shape index (κ1) is 29.0. The first-order valence-electron chi connectivity index (χ1n) is 10.4. The minimum Gasteiger partial charge on any atom is -1.00 e. The zero-order valence-corrected chi connectivity index (χ0v) is 18.3.